The quantitative estimate of drug-likeness (QED) is 0.680. The maximum Gasteiger partial charge on any atom is 0.404 e. The average molecular weight is 226 g/mol. The molecule has 7 heteroatoms. The van der Waals surface area contributed by atoms with Crippen molar-refractivity contribution in [1.82, 2.24) is 9.97 Å². The maximum absolute atomic E-state index is 10.3. The van der Waals surface area contributed by atoms with E-state index in [-0.39, 0.29) is 6.61 Å². The van der Waals surface area contributed by atoms with E-state index in [1.165, 1.54) is 6.33 Å². The first-order chi connectivity index (χ1) is 7.72. The molecule has 0 spiro atoms. The lowest BCUT2D eigenvalue weighted by atomic mass is 10.5. The van der Waals surface area contributed by atoms with Crippen LogP contribution in [-0.2, 0) is 4.74 Å². The number of primary amides is 1. The Morgan fingerprint density at radius 2 is 2.38 bits per heavy atom. The van der Waals surface area contributed by atoms with Crippen LogP contribution < -0.4 is 15.8 Å². The Kier molecular flexibility index (Phi) is 4.84. The Morgan fingerprint density at radius 3 is 3.06 bits per heavy atom. The number of nitrogens with two attached hydrogens (primary N) is 1. The number of ether oxygens (including phenoxy) is 2. The van der Waals surface area contributed by atoms with E-state index in [1.807, 2.05) is 6.92 Å². The number of nitrogens with one attached hydrogen (secondary N) is 1. The molecule has 0 aliphatic heterocycles. The number of nitrogens with zero attached hydrogens (tertiary/aromatic N) is 2. The highest BCUT2D eigenvalue weighted by molar-refractivity contribution is 5.64. The molecule has 0 radical (unpaired) electrons. The van der Waals surface area contributed by atoms with Crippen molar-refractivity contribution in [3.63, 3.8) is 0 Å². The first kappa shape index (κ1) is 12.0. The van der Waals surface area contributed by atoms with E-state index < -0.39 is 6.09 Å². The topological polar surface area (TPSA) is 99.4 Å². The van der Waals surface area contributed by atoms with Gasteiger partial charge in [0.1, 0.15) is 18.8 Å². The summed E-state index contributed by atoms with van der Waals surface area (Å²) in [6.45, 7) is 3.02. The van der Waals surface area contributed by atoms with Crippen LogP contribution in [-0.4, -0.2) is 35.8 Å². The van der Waals surface area contributed by atoms with Crippen LogP contribution in [0.5, 0.6) is 5.88 Å². The number of hydrogen-bond donors (Lipinski definition) is 2. The number of hydrogen-bond acceptors (Lipinski definition) is 6. The van der Waals surface area contributed by atoms with Gasteiger partial charge in [-0.25, -0.2) is 14.8 Å². The molecule has 1 heterocycles. The van der Waals surface area contributed by atoms with Gasteiger partial charge >= 0.3 is 6.09 Å². The number of aromatic nitrogens is 2. The first-order valence-electron chi connectivity index (χ1n) is 4.83. The minimum Gasteiger partial charge on any atom is -0.478 e. The van der Waals surface area contributed by atoms with Crippen LogP contribution in [0.15, 0.2) is 12.4 Å². The molecule has 1 aromatic heterocycles. The summed E-state index contributed by atoms with van der Waals surface area (Å²) in [5.41, 5.74) is 4.80. The van der Waals surface area contributed by atoms with Gasteiger partial charge in [0.2, 0.25) is 5.88 Å². The number of anilines is 1. The summed E-state index contributed by atoms with van der Waals surface area (Å²) in [7, 11) is 0. The Morgan fingerprint density at radius 1 is 1.56 bits per heavy atom. The lowest BCUT2D eigenvalue weighted by Crippen LogP contribution is -2.18. The monoisotopic (exact) mass is 226 g/mol. The molecule has 0 saturated carbocycles. The van der Waals surface area contributed by atoms with E-state index in [0.29, 0.717) is 24.8 Å². The van der Waals surface area contributed by atoms with Crippen LogP contribution in [0.4, 0.5) is 10.6 Å². The fraction of sp³-hybridized carbons (Fsp3) is 0.444. The zero-order chi connectivity index (χ0) is 11.8. The Hall–Kier alpha value is -2.05. The normalized spacial score (nSPS) is 9.56. The SMILES string of the molecule is CCOc1cc(NCCOC(N)=O)ncn1. The van der Waals surface area contributed by atoms with Crippen LogP contribution in [0.3, 0.4) is 0 Å². The van der Waals surface area contributed by atoms with Crippen LogP contribution >= 0.6 is 0 Å². The molecule has 0 atom stereocenters. The van der Waals surface area contributed by atoms with Gasteiger partial charge in [-0.2, -0.15) is 0 Å². The summed E-state index contributed by atoms with van der Waals surface area (Å²) >= 11 is 0. The van der Waals surface area contributed by atoms with E-state index in [1.54, 1.807) is 6.07 Å². The summed E-state index contributed by atoms with van der Waals surface area (Å²) in [6, 6.07) is 1.66. The summed E-state index contributed by atoms with van der Waals surface area (Å²) < 4.78 is 9.74. The van der Waals surface area contributed by atoms with Crippen molar-refractivity contribution in [3.8, 4) is 5.88 Å². The third-order valence-corrected chi connectivity index (χ3v) is 1.59. The standard InChI is InChI=1S/C9H14N4O3/c1-2-15-8-5-7(12-6-13-8)11-3-4-16-9(10)14/h5-6H,2-4H2,1H3,(H2,10,14)(H,11,12,13). The number of carbonyl (C=O) groups is 1. The van der Waals surface area contributed by atoms with Crippen molar-refractivity contribution in [2.45, 2.75) is 6.92 Å². The van der Waals surface area contributed by atoms with Crippen molar-refractivity contribution < 1.29 is 14.3 Å². The molecule has 1 aromatic rings. The van der Waals surface area contributed by atoms with Gasteiger partial charge in [0, 0.05) is 6.07 Å². The lowest BCUT2D eigenvalue weighted by Gasteiger charge is -2.06. The second-order valence-corrected chi connectivity index (χ2v) is 2.77. The molecule has 1 amide bonds. The Labute approximate surface area is 93.0 Å². The van der Waals surface area contributed by atoms with Gasteiger partial charge in [0.15, 0.2) is 0 Å². The molecule has 3 N–H and O–H groups in total. The average Bonchev–Trinajstić information content (AvgIpc) is 2.25. The van der Waals surface area contributed by atoms with Crippen molar-refractivity contribution >= 4 is 11.9 Å². The summed E-state index contributed by atoms with van der Waals surface area (Å²) in [5, 5.41) is 2.93. The molecule has 0 aliphatic carbocycles. The highest BCUT2D eigenvalue weighted by Gasteiger charge is 1.99. The van der Waals surface area contributed by atoms with Gasteiger partial charge < -0.3 is 20.5 Å². The van der Waals surface area contributed by atoms with Crippen LogP contribution in [0.1, 0.15) is 6.92 Å². The second-order valence-electron chi connectivity index (χ2n) is 2.77. The number of rotatable bonds is 6. The number of carbonyl (C=O) groups excluding carboxylic acids is 1. The van der Waals surface area contributed by atoms with Crippen LogP contribution in [0.25, 0.3) is 0 Å². The van der Waals surface area contributed by atoms with Gasteiger partial charge in [-0.05, 0) is 6.92 Å². The maximum atomic E-state index is 10.3. The lowest BCUT2D eigenvalue weighted by molar-refractivity contribution is 0.161. The van der Waals surface area contributed by atoms with Crippen molar-refractivity contribution in [2.75, 3.05) is 25.1 Å². The smallest absolute Gasteiger partial charge is 0.404 e. The molecule has 88 valence electrons. The zero-order valence-electron chi connectivity index (χ0n) is 8.97. The molecule has 0 fully saturated rings. The third-order valence-electron chi connectivity index (χ3n) is 1.59. The highest BCUT2D eigenvalue weighted by Crippen LogP contribution is 2.10. The minimum absolute atomic E-state index is 0.184. The van der Waals surface area contributed by atoms with E-state index in [4.69, 9.17) is 10.5 Å². The van der Waals surface area contributed by atoms with Gasteiger partial charge in [-0.3, -0.25) is 0 Å². The first-order valence-corrected chi connectivity index (χ1v) is 4.83. The van der Waals surface area contributed by atoms with Gasteiger partial charge in [-0.15, -0.1) is 0 Å². The molecule has 0 aliphatic rings. The molecular formula is C9H14N4O3. The predicted molar refractivity (Wildman–Crippen MR) is 57.2 cm³/mol. The molecule has 1 rings (SSSR count). The molecule has 7 nitrogen and oxygen atoms in total. The van der Waals surface area contributed by atoms with Crippen LogP contribution in [0, 0.1) is 0 Å². The van der Waals surface area contributed by atoms with Gasteiger partial charge in [0.05, 0.1) is 13.2 Å². The molecule has 0 saturated heterocycles. The summed E-state index contributed by atoms with van der Waals surface area (Å²) in [5.74, 6) is 1.10. The highest BCUT2D eigenvalue weighted by atomic mass is 16.5. The fourth-order valence-corrected chi connectivity index (χ4v) is 0.994. The van der Waals surface area contributed by atoms with E-state index in [9.17, 15) is 4.79 Å². The van der Waals surface area contributed by atoms with Gasteiger partial charge in [0.25, 0.3) is 0 Å². The van der Waals surface area contributed by atoms with E-state index in [0.717, 1.165) is 0 Å². The molecule has 0 bridgehead atoms. The minimum atomic E-state index is -0.792. The summed E-state index contributed by atoms with van der Waals surface area (Å²) in [4.78, 5) is 18.1. The molecule has 0 aromatic carbocycles. The second kappa shape index (κ2) is 6.44. The predicted octanol–water partition coefficient (Wildman–Crippen LogP) is 0.382. The van der Waals surface area contributed by atoms with E-state index in [2.05, 4.69) is 20.0 Å². The van der Waals surface area contributed by atoms with Crippen molar-refractivity contribution in [1.29, 1.82) is 0 Å². The third kappa shape index (κ3) is 4.45. The largest absolute Gasteiger partial charge is 0.478 e. The Balaban J connectivity index is 2.35. The molecule has 16 heavy (non-hydrogen) atoms. The molecule has 0 unspecified atom stereocenters. The summed E-state index contributed by atoms with van der Waals surface area (Å²) in [6.07, 6.45) is 0.599. The number of amides is 1. The van der Waals surface area contributed by atoms with Crippen LogP contribution in [0.2, 0.25) is 0 Å². The van der Waals surface area contributed by atoms with E-state index >= 15 is 0 Å². The Bertz CT molecular complexity index is 345. The van der Waals surface area contributed by atoms with Crippen molar-refractivity contribution in [2.24, 2.45) is 5.73 Å². The molecular weight excluding hydrogens is 212 g/mol. The van der Waals surface area contributed by atoms with Crippen molar-refractivity contribution in [3.05, 3.63) is 12.4 Å². The fourth-order valence-electron chi connectivity index (χ4n) is 0.994. The van der Waals surface area contributed by atoms with Gasteiger partial charge in [-0.1, -0.05) is 0 Å². The zero-order valence-corrected chi connectivity index (χ0v) is 8.97.